The molecule has 1 rings (SSSR count). The number of aliphatic hydroxyl groups excluding tert-OH is 1. The van der Waals surface area contributed by atoms with Crippen molar-refractivity contribution in [3.63, 3.8) is 0 Å². The van der Waals surface area contributed by atoms with Gasteiger partial charge in [0.2, 0.25) is 0 Å². The summed E-state index contributed by atoms with van der Waals surface area (Å²) in [5.41, 5.74) is 0.163. The van der Waals surface area contributed by atoms with Crippen LogP contribution < -0.4 is 5.32 Å². The normalized spacial score (nSPS) is 28.3. The molecule has 1 fully saturated rings. The van der Waals surface area contributed by atoms with Gasteiger partial charge in [0, 0.05) is 31.2 Å². The first-order valence-electron chi connectivity index (χ1n) is 5.55. The van der Waals surface area contributed by atoms with Crippen molar-refractivity contribution < 1.29 is 5.11 Å². The average Bonchev–Trinajstić information content (AvgIpc) is 2.07. The molecule has 0 aliphatic carbocycles. The second kappa shape index (κ2) is 4.60. The van der Waals surface area contributed by atoms with E-state index < -0.39 is 0 Å². The second-order valence-corrected chi connectivity index (χ2v) is 5.33. The fourth-order valence-corrected chi connectivity index (χ4v) is 2.20. The Hall–Kier alpha value is -0.120. The highest BCUT2D eigenvalue weighted by Crippen LogP contribution is 2.21. The highest BCUT2D eigenvalue weighted by atomic mass is 16.3. The number of hydrogen-bond acceptors (Lipinski definition) is 3. The molecule has 14 heavy (non-hydrogen) atoms. The molecule has 3 nitrogen and oxygen atoms in total. The molecule has 0 radical (unpaired) electrons. The lowest BCUT2D eigenvalue weighted by Crippen LogP contribution is -2.64. The van der Waals surface area contributed by atoms with Gasteiger partial charge in [-0.15, -0.1) is 0 Å². The molecule has 1 aliphatic rings. The summed E-state index contributed by atoms with van der Waals surface area (Å²) >= 11 is 0. The van der Waals surface area contributed by atoms with Crippen LogP contribution in [0.15, 0.2) is 0 Å². The molecule has 84 valence electrons. The lowest BCUT2D eigenvalue weighted by molar-refractivity contribution is 0.00120. The van der Waals surface area contributed by atoms with Crippen molar-refractivity contribution in [3.05, 3.63) is 0 Å². The lowest BCUT2D eigenvalue weighted by atomic mass is 9.95. The number of nitrogens with one attached hydrogen (secondary N) is 1. The maximum Gasteiger partial charge on any atom is 0.0599 e. The van der Waals surface area contributed by atoms with E-state index in [2.05, 4.69) is 37.9 Å². The predicted octanol–water partition coefficient (Wildman–Crippen LogP) is 0.687. The van der Waals surface area contributed by atoms with E-state index in [0.29, 0.717) is 5.92 Å². The van der Waals surface area contributed by atoms with Crippen molar-refractivity contribution in [2.24, 2.45) is 5.92 Å². The zero-order valence-electron chi connectivity index (χ0n) is 9.88. The van der Waals surface area contributed by atoms with Crippen LogP contribution >= 0.6 is 0 Å². The zero-order chi connectivity index (χ0) is 10.8. The van der Waals surface area contributed by atoms with Gasteiger partial charge in [0.05, 0.1) is 6.61 Å². The van der Waals surface area contributed by atoms with E-state index in [9.17, 15) is 5.11 Å². The molecule has 1 aliphatic heterocycles. The number of rotatable bonds is 3. The molecule has 2 N–H and O–H groups in total. The third-order valence-electron chi connectivity index (χ3n) is 2.93. The van der Waals surface area contributed by atoms with E-state index in [1.807, 2.05) is 0 Å². The number of nitrogens with zero attached hydrogens (tertiary/aromatic N) is 1. The van der Waals surface area contributed by atoms with Gasteiger partial charge in [-0.3, -0.25) is 4.90 Å². The zero-order valence-corrected chi connectivity index (χ0v) is 9.88. The summed E-state index contributed by atoms with van der Waals surface area (Å²) in [5, 5.41) is 12.7. The second-order valence-electron chi connectivity index (χ2n) is 5.33. The Labute approximate surface area is 87.5 Å². The van der Waals surface area contributed by atoms with Crippen molar-refractivity contribution >= 4 is 0 Å². The summed E-state index contributed by atoms with van der Waals surface area (Å²) in [7, 11) is 0. The Bertz CT molecular complexity index is 180. The van der Waals surface area contributed by atoms with Crippen LogP contribution in [0.3, 0.4) is 0 Å². The molecule has 1 atom stereocenters. The SMILES string of the molecule is CC(C)CN1C(CO)CNCC1(C)C. The average molecular weight is 200 g/mol. The molecule has 0 aromatic carbocycles. The summed E-state index contributed by atoms with van der Waals surface area (Å²) in [4.78, 5) is 2.44. The lowest BCUT2D eigenvalue weighted by Gasteiger charge is -2.48. The topological polar surface area (TPSA) is 35.5 Å². The highest BCUT2D eigenvalue weighted by molar-refractivity contribution is 4.94. The van der Waals surface area contributed by atoms with Gasteiger partial charge in [0.15, 0.2) is 0 Å². The van der Waals surface area contributed by atoms with E-state index in [0.717, 1.165) is 19.6 Å². The van der Waals surface area contributed by atoms with E-state index in [-0.39, 0.29) is 18.2 Å². The van der Waals surface area contributed by atoms with Gasteiger partial charge in [0.25, 0.3) is 0 Å². The van der Waals surface area contributed by atoms with Crippen LogP contribution in [0.4, 0.5) is 0 Å². The summed E-state index contributed by atoms with van der Waals surface area (Å²) in [5.74, 6) is 0.654. The van der Waals surface area contributed by atoms with Crippen LogP contribution in [-0.2, 0) is 0 Å². The minimum atomic E-state index is 0.163. The summed E-state index contributed by atoms with van der Waals surface area (Å²) in [6, 6.07) is 0.279. The minimum absolute atomic E-state index is 0.163. The first kappa shape index (κ1) is 12.0. The van der Waals surface area contributed by atoms with Crippen molar-refractivity contribution in [2.45, 2.75) is 39.3 Å². The number of piperazine rings is 1. The van der Waals surface area contributed by atoms with E-state index in [1.54, 1.807) is 0 Å². The molecular weight excluding hydrogens is 176 g/mol. The maximum absolute atomic E-state index is 9.32. The highest BCUT2D eigenvalue weighted by Gasteiger charge is 2.35. The Morgan fingerprint density at radius 3 is 2.64 bits per heavy atom. The summed E-state index contributed by atoms with van der Waals surface area (Å²) in [6.45, 7) is 12.2. The molecule has 0 saturated carbocycles. The van der Waals surface area contributed by atoms with Gasteiger partial charge in [0.1, 0.15) is 0 Å². The monoisotopic (exact) mass is 200 g/mol. The molecule has 1 saturated heterocycles. The van der Waals surface area contributed by atoms with Crippen LogP contribution in [0.2, 0.25) is 0 Å². The van der Waals surface area contributed by atoms with Crippen LogP contribution in [-0.4, -0.2) is 47.8 Å². The van der Waals surface area contributed by atoms with E-state index >= 15 is 0 Å². The molecule has 3 heteroatoms. The maximum atomic E-state index is 9.32. The standard InChI is InChI=1S/C11H24N2O/c1-9(2)6-13-10(7-14)5-12-8-11(13,3)4/h9-10,12,14H,5-8H2,1-4H3. The van der Waals surface area contributed by atoms with Crippen molar-refractivity contribution in [3.8, 4) is 0 Å². The molecule has 0 aromatic rings. The molecule has 0 aromatic heterocycles. The van der Waals surface area contributed by atoms with Gasteiger partial charge in [-0.1, -0.05) is 13.8 Å². The largest absolute Gasteiger partial charge is 0.395 e. The Balaban J connectivity index is 2.68. The Kier molecular flexibility index (Phi) is 3.93. The Morgan fingerprint density at radius 2 is 2.14 bits per heavy atom. The molecule has 1 unspecified atom stereocenters. The summed E-state index contributed by atoms with van der Waals surface area (Å²) in [6.07, 6.45) is 0. The van der Waals surface area contributed by atoms with Crippen LogP contribution in [0.5, 0.6) is 0 Å². The molecular formula is C11H24N2O. The first-order chi connectivity index (χ1) is 6.47. The Morgan fingerprint density at radius 1 is 1.50 bits per heavy atom. The first-order valence-corrected chi connectivity index (χ1v) is 5.55. The van der Waals surface area contributed by atoms with Crippen LogP contribution in [0.25, 0.3) is 0 Å². The molecule has 0 spiro atoms. The van der Waals surface area contributed by atoms with Gasteiger partial charge in [-0.05, 0) is 19.8 Å². The smallest absolute Gasteiger partial charge is 0.0599 e. The molecule has 0 bridgehead atoms. The molecule has 1 heterocycles. The summed E-state index contributed by atoms with van der Waals surface area (Å²) < 4.78 is 0. The predicted molar refractivity (Wildman–Crippen MR) is 59.4 cm³/mol. The van der Waals surface area contributed by atoms with Crippen molar-refractivity contribution in [2.75, 3.05) is 26.2 Å². The van der Waals surface area contributed by atoms with Gasteiger partial charge in [-0.2, -0.15) is 0 Å². The third kappa shape index (κ3) is 2.69. The quantitative estimate of drug-likeness (QED) is 0.703. The van der Waals surface area contributed by atoms with Crippen LogP contribution in [0, 0.1) is 5.92 Å². The van der Waals surface area contributed by atoms with Gasteiger partial charge >= 0.3 is 0 Å². The van der Waals surface area contributed by atoms with Crippen molar-refractivity contribution in [1.82, 2.24) is 10.2 Å². The van der Waals surface area contributed by atoms with Crippen molar-refractivity contribution in [1.29, 1.82) is 0 Å². The number of aliphatic hydroxyl groups is 1. The van der Waals surface area contributed by atoms with Gasteiger partial charge < -0.3 is 10.4 Å². The molecule has 0 amide bonds. The fourth-order valence-electron chi connectivity index (χ4n) is 2.20. The third-order valence-corrected chi connectivity index (χ3v) is 2.93. The fraction of sp³-hybridized carbons (Fsp3) is 1.00. The van der Waals surface area contributed by atoms with Crippen LogP contribution in [0.1, 0.15) is 27.7 Å². The number of hydrogen-bond donors (Lipinski definition) is 2. The van der Waals surface area contributed by atoms with E-state index in [1.165, 1.54) is 0 Å². The van der Waals surface area contributed by atoms with Gasteiger partial charge in [-0.25, -0.2) is 0 Å². The minimum Gasteiger partial charge on any atom is -0.395 e. The van der Waals surface area contributed by atoms with E-state index in [4.69, 9.17) is 0 Å².